The molecule has 0 bridgehead atoms. The van der Waals surface area contributed by atoms with Crippen molar-refractivity contribution in [2.75, 3.05) is 96.8 Å². The van der Waals surface area contributed by atoms with Crippen molar-refractivity contribution in [1.82, 2.24) is 29.9 Å². The number of morpholine rings is 2. The number of hydrogen-bond acceptors (Lipinski definition) is 11. The Morgan fingerprint density at radius 1 is 0.759 bits per heavy atom. The molecule has 0 aliphatic carbocycles. The topological polar surface area (TPSA) is 151 Å². The van der Waals surface area contributed by atoms with Crippen LogP contribution < -0.4 is 25.7 Å². The van der Waals surface area contributed by atoms with Crippen molar-refractivity contribution < 1.29 is 37.4 Å². The smallest absolute Gasteiger partial charge is 0.259 e. The van der Waals surface area contributed by atoms with E-state index in [1.807, 2.05) is 46.2 Å². The van der Waals surface area contributed by atoms with Gasteiger partial charge in [-0.25, -0.2) is 4.39 Å². The fourth-order valence-corrected chi connectivity index (χ4v) is 9.06. The number of ether oxygens (including phenoxy) is 3. The Hall–Kier alpha value is -5.55. The highest BCUT2D eigenvalue weighted by molar-refractivity contribution is 6.07. The molecule has 3 aromatic carbocycles. The van der Waals surface area contributed by atoms with Crippen LogP contribution in [0.1, 0.15) is 23.2 Å². The molecule has 0 saturated carbocycles. The first kappa shape index (κ1) is 36.8. The molecule has 2 N–H and O–H groups in total. The van der Waals surface area contributed by atoms with Crippen molar-refractivity contribution in [1.29, 1.82) is 0 Å². The summed E-state index contributed by atoms with van der Waals surface area (Å²) in [7, 11) is 0. The molecule has 5 aliphatic rings. The summed E-state index contributed by atoms with van der Waals surface area (Å²) in [6, 6.07) is 12.0. The SMILES string of the molecule is O=C(CN1CCOCC1)N[C@@H]1CCN(C(=O)c2cn3c4c(c(N5CC[C@@H](NC(=O)CN6CCOCC6)C5)c(F)cc4c2=O)Oc2cc4c(cc2-3)oc2ccccc24)C1. The van der Waals surface area contributed by atoms with E-state index in [9.17, 15) is 19.2 Å². The summed E-state index contributed by atoms with van der Waals surface area (Å²) in [5.41, 5.74) is 1.57. The van der Waals surface area contributed by atoms with Gasteiger partial charge in [-0.15, -0.1) is 0 Å². The largest absolute Gasteiger partial charge is 0.456 e. The zero-order valence-corrected chi connectivity index (χ0v) is 32.0. The summed E-state index contributed by atoms with van der Waals surface area (Å²) in [4.78, 5) is 62.0. The van der Waals surface area contributed by atoms with Gasteiger partial charge >= 0.3 is 0 Å². The molecule has 4 fully saturated rings. The quantitative estimate of drug-likeness (QED) is 0.234. The van der Waals surface area contributed by atoms with Crippen molar-refractivity contribution in [2.45, 2.75) is 24.9 Å². The van der Waals surface area contributed by atoms with Crippen molar-refractivity contribution in [2.24, 2.45) is 0 Å². The number of fused-ring (bicyclic) bond motifs is 5. The predicted molar refractivity (Wildman–Crippen MR) is 213 cm³/mol. The number of furan rings is 1. The lowest BCUT2D eigenvalue weighted by Gasteiger charge is -2.29. The molecule has 0 spiro atoms. The van der Waals surface area contributed by atoms with Crippen LogP contribution in [-0.4, -0.2) is 141 Å². The van der Waals surface area contributed by atoms with E-state index in [2.05, 4.69) is 15.5 Å². The average Bonchev–Trinajstić information content (AvgIpc) is 3.97. The third-order valence-electron chi connectivity index (χ3n) is 12.0. The van der Waals surface area contributed by atoms with E-state index in [4.69, 9.17) is 18.6 Å². The number of likely N-dealkylation sites (tertiary alicyclic amines) is 1. The van der Waals surface area contributed by atoms with E-state index < -0.39 is 17.2 Å². The number of halogens is 1. The molecule has 15 nitrogen and oxygen atoms in total. The van der Waals surface area contributed by atoms with Crippen molar-refractivity contribution in [3.05, 3.63) is 70.3 Å². The Morgan fingerprint density at radius 3 is 2.16 bits per heavy atom. The number of carbonyl (C=O) groups excluding carboxylic acids is 3. The Kier molecular flexibility index (Phi) is 9.51. The second kappa shape index (κ2) is 15.0. The number of hydrogen-bond donors (Lipinski definition) is 2. The standard InChI is InChI=1S/C42H44FN7O8/c43-31-17-29-38-41(39(31)48-7-5-25(20-48)44-36(51)23-46-9-13-55-14-10-46)58-35-18-28-27-3-1-2-4-33(27)57-34(28)19-32(35)50(38)22-30(40(29)53)42(54)49-8-6-26(21-49)45-37(52)24-47-11-15-56-16-12-47/h1-4,17-19,22,25-26H,5-16,20-21,23-24H2,(H,44,51)(H,45,52)/t25-,26-/m1/s1. The van der Waals surface area contributed by atoms with Crippen LogP contribution in [0, 0.1) is 5.82 Å². The highest BCUT2D eigenvalue weighted by Crippen LogP contribution is 2.49. The number of para-hydroxylation sites is 1. The molecule has 5 aliphatic heterocycles. The van der Waals surface area contributed by atoms with E-state index in [1.54, 1.807) is 9.47 Å². The summed E-state index contributed by atoms with van der Waals surface area (Å²) in [6.45, 7) is 6.99. The predicted octanol–water partition coefficient (Wildman–Crippen LogP) is 2.82. The van der Waals surface area contributed by atoms with Gasteiger partial charge in [0.15, 0.2) is 17.3 Å². The molecule has 2 aromatic heterocycles. The number of amides is 3. The van der Waals surface area contributed by atoms with Gasteiger partial charge in [0.05, 0.1) is 50.6 Å². The molecule has 2 atom stereocenters. The van der Waals surface area contributed by atoms with Crippen LogP contribution in [0.5, 0.6) is 11.5 Å². The maximum atomic E-state index is 16.7. The van der Waals surface area contributed by atoms with E-state index in [0.29, 0.717) is 113 Å². The summed E-state index contributed by atoms with van der Waals surface area (Å²) < 4.78 is 42.1. The highest BCUT2D eigenvalue weighted by Gasteiger charge is 2.36. The van der Waals surface area contributed by atoms with Crippen molar-refractivity contribution in [3.8, 4) is 17.2 Å². The van der Waals surface area contributed by atoms with E-state index >= 15 is 4.39 Å². The van der Waals surface area contributed by atoms with Crippen LogP contribution in [0.2, 0.25) is 0 Å². The minimum atomic E-state index is -0.668. The first-order valence-corrected chi connectivity index (χ1v) is 20.1. The molecule has 16 heteroatoms. The van der Waals surface area contributed by atoms with E-state index in [1.165, 1.54) is 12.3 Å². The Labute approximate surface area is 332 Å². The van der Waals surface area contributed by atoms with E-state index in [-0.39, 0.29) is 65.9 Å². The van der Waals surface area contributed by atoms with Crippen LogP contribution in [0.4, 0.5) is 10.1 Å². The lowest BCUT2D eigenvalue weighted by atomic mass is 10.0. The van der Waals surface area contributed by atoms with E-state index in [0.717, 1.165) is 10.8 Å². The number of pyridine rings is 1. The minimum Gasteiger partial charge on any atom is -0.456 e. The van der Waals surface area contributed by atoms with Gasteiger partial charge in [0.2, 0.25) is 17.2 Å². The fourth-order valence-electron chi connectivity index (χ4n) is 9.06. The van der Waals surface area contributed by atoms with Crippen LogP contribution in [-0.2, 0) is 19.1 Å². The summed E-state index contributed by atoms with van der Waals surface area (Å²) in [5.74, 6) is -0.821. The molecular formula is C42H44FN7O8. The van der Waals surface area contributed by atoms with Gasteiger partial charge in [-0.05, 0) is 31.0 Å². The molecule has 58 heavy (non-hydrogen) atoms. The lowest BCUT2D eigenvalue weighted by Crippen LogP contribution is -2.46. The number of benzene rings is 3. The molecule has 302 valence electrons. The van der Waals surface area contributed by atoms with Gasteiger partial charge in [0.25, 0.3) is 5.91 Å². The number of rotatable bonds is 8. The van der Waals surface area contributed by atoms with Crippen molar-refractivity contribution in [3.63, 3.8) is 0 Å². The normalized spacial score (nSPS) is 21.1. The van der Waals surface area contributed by atoms with Gasteiger partial charge in [-0.2, -0.15) is 0 Å². The molecule has 4 saturated heterocycles. The Balaban J connectivity index is 0.985. The second-order valence-electron chi connectivity index (χ2n) is 15.8. The first-order valence-electron chi connectivity index (χ1n) is 20.1. The van der Waals surface area contributed by atoms with Crippen molar-refractivity contribution >= 4 is 56.3 Å². The number of carbonyl (C=O) groups is 3. The highest BCUT2D eigenvalue weighted by atomic mass is 19.1. The molecule has 3 amide bonds. The zero-order chi connectivity index (χ0) is 39.5. The maximum Gasteiger partial charge on any atom is 0.259 e. The molecule has 0 unspecified atom stereocenters. The average molecular weight is 794 g/mol. The van der Waals surface area contributed by atoms with Crippen LogP contribution in [0.15, 0.2) is 57.9 Å². The first-order chi connectivity index (χ1) is 28.3. The summed E-state index contributed by atoms with van der Waals surface area (Å²) in [5, 5.41) is 7.85. The van der Waals surface area contributed by atoms with Crippen LogP contribution in [0.3, 0.4) is 0 Å². The van der Waals surface area contributed by atoms with Gasteiger partial charge < -0.3 is 43.6 Å². The van der Waals surface area contributed by atoms with Gasteiger partial charge in [0, 0.05) is 87.5 Å². The molecular weight excluding hydrogens is 750 g/mol. The number of nitrogens with zero attached hydrogens (tertiary/aromatic N) is 5. The molecule has 7 heterocycles. The Bertz CT molecular complexity index is 2530. The molecule has 10 rings (SSSR count). The van der Waals surface area contributed by atoms with Gasteiger partial charge in [-0.3, -0.25) is 29.0 Å². The zero-order valence-electron chi connectivity index (χ0n) is 32.0. The minimum absolute atomic E-state index is 0.00146. The third kappa shape index (κ3) is 6.72. The summed E-state index contributed by atoms with van der Waals surface area (Å²) in [6.07, 6.45) is 2.65. The maximum absolute atomic E-state index is 16.7. The number of nitrogens with one attached hydrogen (secondary N) is 2. The van der Waals surface area contributed by atoms with Gasteiger partial charge in [0.1, 0.15) is 27.9 Å². The third-order valence-corrected chi connectivity index (χ3v) is 12.0. The fraction of sp³-hybridized carbons (Fsp3) is 0.429. The number of aromatic nitrogens is 1. The molecule has 0 radical (unpaired) electrons. The number of anilines is 1. The van der Waals surface area contributed by atoms with Crippen LogP contribution >= 0.6 is 0 Å². The van der Waals surface area contributed by atoms with Gasteiger partial charge in [-0.1, -0.05) is 18.2 Å². The summed E-state index contributed by atoms with van der Waals surface area (Å²) >= 11 is 0. The van der Waals surface area contributed by atoms with Crippen LogP contribution in [0.25, 0.3) is 38.5 Å². The second-order valence-corrected chi connectivity index (χ2v) is 15.8. The molecule has 5 aromatic rings. The lowest BCUT2D eigenvalue weighted by molar-refractivity contribution is -0.124. The monoisotopic (exact) mass is 793 g/mol. The Morgan fingerprint density at radius 2 is 1.43 bits per heavy atom.